The molecule has 4 rings (SSSR count). The van der Waals surface area contributed by atoms with Crippen molar-refractivity contribution in [3.63, 3.8) is 0 Å². The number of carbonyl (C=O) groups is 2. The van der Waals surface area contributed by atoms with Gasteiger partial charge in [0.15, 0.2) is 0 Å². The van der Waals surface area contributed by atoms with E-state index in [1.165, 1.54) is 6.07 Å². The Morgan fingerprint density at radius 2 is 1.46 bits per heavy atom. The smallest absolute Gasteiger partial charge is 0.351 e. The first-order valence-corrected chi connectivity index (χ1v) is 17.0. The summed E-state index contributed by atoms with van der Waals surface area (Å²) in [6.45, 7) is 7.82. The molecule has 1 unspecified atom stereocenters. The van der Waals surface area contributed by atoms with Crippen LogP contribution in [0.1, 0.15) is 64.9 Å². The van der Waals surface area contributed by atoms with Crippen LogP contribution in [0.2, 0.25) is 5.02 Å². The van der Waals surface area contributed by atoms with Gasteiger partial charge in [-0.15, -0.1) is 0 Å². The molecule has 0 aromatic heterocycles. The van der Waals surface area contributed by atoms with Crippen LogP contribution in [-0.4, -0.2) is 37.1 Å². The summed E-state index contributed by atoms with van der Waals surface area (Å²) in [5.41, 5.74) is 4.26. The standard InChI is InChI=1S/C36H36ClF3N2O5S/c1-22-19-28(14-16-29(22)30-15-13-27(21-32(30)37)36(38,39)40)42-34(44)31(24-9-11-26(12-10-24)35(2,3)4)20-23-5-7-25(8-6-23)33(43)41-17-18-48(45,46)47/h5-16,19,21,31H,17-18,20H2,1-4H3,(H,41,43)(H,42,44)(H,45,46,47). The average molecular weight is 701 g/mol. The highest BCUT2D eigenvalue weighted by atomic mass is 35.5. The number of aryl methyl sites for hydroxylation is 1. The van der Waals surface area contributed by atoms with Gasteiger partial charge in [-0.2, -0.15) is 21.6 Å². The molecule has 2 amide bonds. The average Bonchev–Trinajstić information content (AvgIpc) is 2.99. The van der Waals surface area contributed by atoms with Gasteiger partial charge >= 0.3 is 6.18 Å². The molecule has 4 aromatic carbocycles. The van der Waals surface area contributed by atoms with E-state index in [9.17, 15) is 31.2 Å². The van der Waals surface area contributed by atoms with Crippen LogP contribution in [-0.2, 0) is 32.9 Å². The van der Waals surface area contributed by atoms with Crippen LogP contribution in [0.25, 0.3) is 11.1 Å². The molecule has 0 heterocycles. The molecule has 0 aliphatic carbocycles. The third-order valence-electron chi connectivity index (χ3n) is 7.88. The monoisotopic (exact) mass is 700 g/mol. The quantitative estimate of drug-likeness (QED) is 0.144. The third-order valence-corrected chi connectivity index (χ3v) is 8.91. The zero-order chi connectivity index (χ0) is 35.4. The number of amides is 2. The lowest BCUT2D eigenvalue weighted by molar-refractivity contribution is -0.137. The maximum Gasteiger partial charge on any atom is 0.416 e. The van der Waals surface area contributed by atoms with E-state index in [4.69, 9.17) is 16.2 Å². The van der Waals surface area contributed by atoms with Gasteiger partial charge in [0.2, 0.25) is 5.91 Å². The Balaban J connectivity index is 1.57. The second kappa shape index (κ2) is 14.5. The SMILES string of the molecule is Cc1cc(NC(=O)C(Cc2ccc(C(=O)NCCS(=O)(=O)O)cc2)c2ccc(C(C)(C)C)cc2)ccc1-c1ccc(C(F)(F)F)cc1Cl. The van der Waals surface area contributed by atoms with E-state index in [-0.39, 0.29) is 28.5 Å². The van der Waals surface area contributed by atoms with Crippen molar-refractivity contribution in [2.45, 2.75) is 51.6 Å². The highest BCUT2D eigenvalue weighted by Crippen LogP contribution is 2.37. The molecule has 0 saturated heterocycles. The van der Waals surface area contributed by atoms with Gasteiger partial charge in [0.1, 0.15) is 0 Å². The Morgan fingerprint density at radius 1 is 0.854 bits per heavy atom. The molecular weight excluding hydrogens is 665 g/mol. The normalized spacial score (nSPS) is 12.8. The minimum absolute atomic E-state index is 0.0370. The van der Waals surface area contributed by atoms with Gasteiger partial charge in [-0.05, 0) is 83.0 Å². The summed E-state index contributed by atoms with van der Waals surface area (Å²) in [4.78, 5) is 26.3. The summed E-state index contributed by atoms with van der Waals surface area (Å²) in [5.74, 6) is -2.02. The van der Waals surface area contributed by atoms with Crippen LogP contribution >= 0.6 is 11.6 Å². The topological polar surface area (TPSA) is 113 Å². The summed E-state index contributed by atoms with van der Waals surface area (Å²) in [5, 5.41) is 5.38. The summed E-state index contributed by atoms with van der Waals surface area (Å²) >= 11 is 6.23. The summed E-state index contributed by atoms with van der Waals surface area (Å²) in [7, 11) is -4.21. The highest BCUT2D eigenvalue weighted by molar-refractivity contribution is 7.85. The van der Waals surface area contributed by atoms with Gasteiger partial charge in [0.05, 0.1) is 17.2 Å². The molecule has 0 saturated carbocycles. The van der Waals surface area contributed by atoms with Crippen molar-refractivity contribution in [2.75, 3.05) is 17.6 Å². The molecule has 3 N–H and O–H groups in total. The van der Waals surface area contributed by atoms with Crippen LogP contribution in [0.3, 0.4) is 0 Å². The Morgan fingerprint density at radius 3 is 2.00 bits per heavy atom. The van der Waals surface area contributed by atoms with E-state index < -0.39 is 39.4 Å². The fourth-order valence-corrected chi connectivity index (χ4v) is 5.83. The molecule has 0 aliphatic heterocycles. The number of rotatable bonds is 10. The molecule has 0 bridgehead atoms. The first-order chi connectivity index (χ1) is 22.3. The molecule has 12 heteroatoms. The van der Waals surface area contributed by atoms with Crippen molar-refractivity contribution in [2.24, 2.45) is 0 Å². The summed E-state index contributed by atoms with van der Waals surface area (Å²) in [6, 6.07) is 22.7. The van der Waals surface area contributed by atoms with Crippen LogP contribution in [0, 0.1) is 6.92 Å². The minimum Gasteiger partial charge on any atom is -0.351 e. The third kappa shape index (κ3) is 9.68. The lowest BCUT2D eigenvalue weighted by Crippen LogP contribution is -2.28. The van der Waals surface area contributed by atoms with E-state index in [0.717, 1.165) is 28.8 Å². The second-order valence-electron chi connectivity index (χ2n) is 12.6. The Labute approximate surface area is 283 Å². The van der Waals surface area contributed by atoms with Gasteiger partial charge in [0.25, 0.3) is 16.0 Å². The first-order valence-electron chi connectivity index (χ1n) is 15.0. The molecule has 0 aliphatic rings. The predicted molar refractivity (Wildman–Crippen MR) is 182 cm³/mol. The van der Waals surface area contributed by atoms with Gasteiger partial charge in [-0.3, -0.25) is 14.1 Å². The number of hydrogen-bond donors (Lipinski definition) is 3. The van der Waals surface area contributed by atoms with Crippen LogP contribution < -0.4 is 10.6 Å². The number of halogens is 4. The van der Waals surface area contributed by atoms with E-state index in [2.05, 4.69) is 31.4 Å². The van der Waals surface area contributed by atoms with Crippen molar-refractivity contribution >= 4 is 39.2 Å². The summed E-state index contributed by atoms with van der Waals surface area (Å²) < 4.78 is 70.1. The van der Waals surface area contributed by atoms with Crippen molar-refractivity contribution in [1.29, 1.82) is 0 Å². The number of anilines is 1. The van der Waals surface area contributed by atoms with Gasteiger partial charge in [-0.25, -0.2) is 0 Å². The number of benzene rings is 4. The number of hydrogen-bond acceptors (Lipinski definition) is 4. The zero-order valence-electron chi connectivity index (χ0n) is 26.8. The lowest BCUT2D eigenvalue weighted by atomic mass is 9.84. The molecule has 0 fully saturated rings. The lowest BCUT2D eigenvalue weighted by Gasteiger charge is -2.22. The van der Waals surface area contributed by atoms with Crippen LogP contribution in [0.4, 0.5) is 18.9 Å². The van der Waals surface area contributed by atoms with Crippen LogP contribution in [0.5, 0.6) is 0 Å². The molecule has 0 spiro atoms. The maximum atomic E-state index is 13.9. The van der Waals surface area contributed by atoms with Gasteiger partial charge in [0, 0.05) is 28.4 Å². The van der Waals surface area contributed by atoms with Crippen molar-refractivity contribution < 1.29 is 35.7 Å². The van der Waals surface area contributed by atoms with Gasteiger partial charge in [-0.1, -0.05) is 80.9 Å². The molecule has 0 radical (unpaired) electrons. The van der Waals surface area contributed by atoms with Crippen molar-refractivity contribution in [3.8, 4) is 11.1 Å². The maximum absolute atomic E-state index is 13.9. The molecule has 7 nitrogen and oxygen atoms in total. The second-order valence-corrected chi connectivity index (χ2v) is 14.6. The van der Waals surface area contributed by atoms with Crippen LogP contribution in [0.15, 0.2) is 84.9 Å². The zero-order valence-corrected chi connectivity index (χ0v) is 28.4. The van der Waals surface area contributed by atoms with E-state index in [0.29, 0.717) is 28.8 Å². The number of carbonyl (C=O) groups excluding carboxylic acids is 2. The number of alkyl halides is 3. The molecule has 48 heavy (non-hydrogen) atoms. The molecular formula is C36H36ClF3N2O5S. The van der Waals surface area contributed by atoms with E-state index >= 15 is 0 Å². The first kappa shape index (κ1) is 36.6. The fraction of sp³-hybridized carbons (Fsp3) is 0.278. The number of nitrogens with one attached hydrogen (secondary N) is 2. The Kier molecular flexibility index (Phi) is 11.1. The summed E-state index contributed by atoms with van der Waals surface area (Å²) in [6.07, 6.45) is -4.22. The largest absolute Gasteiger partial charge is 0.416 e. The highest BCUT2D eigenvalue weighted by Gasteiger charge is 2.31. The van der Waals surface area contributed by atoms with E-state index in [1.807, 2.05) is 24.3 Å². The van der Waals surface area contributed by atoms with Crippen molar-refractivity contribution in [3.05, 3.63) is 123 Å². The molecule has 254 valence electrons. The van der Waals surface area contributed by atoms with E-state index in [1.54, 1.807) is 49.4 Å². The predicted octanol–water partition coefficient (Wildman–Crippen LogP) is 8.21. The Bertz CT molecular complexity index is 1900. The molecule has 4 aromatic rings. The van der Waals surface area contributed by atoms with Crippen molar-refractivity contribution in [1.82, 2.24) is 5.32 Å². The Hall–Kier alpha value is -4.19. The fourth-order valence-electron chi connectivity index (χ4n) is 5.18. The van der Waals surface area contributed by atoms with Gasteiger partial charge < -0.3 is 10.6 Å². The minimum atomic E-state index is -4.51. The molecule has 1 atom stereocenters.